The number of amides is 1. The van der Waals surface area contributed by atoms with Crippen molar-refractivity contribution in [3.05, 3.63) is 48.2 Å². The van der Waals surface area contributed by atoms with E-state index in [4.69, 9.17) is 0 Å². The number of benzene rings is 1. The quantitative estimate of drug-likeness (QED) is 0.549. The van der Waals surface area contributed by atoms with E-state index in [1.54, 1.807) is 30.3 Å². The molecule has 0 atom stereocenters. The van der Waals surface area contributed by atoms with Gasteiger partial charge in [0.25, 0.3) is 0 Å². The summed E-state index contributed by atoms with van der Waals surface area (Å²) in [5.41, 5.74) is 0.940. The maximum Gasteiger partial charge on any atom is 0.337 e. The van der Waals surface area contributed by atoms with Crippen LogP contribution >= 0.6 is 11.8 Å². The Balaban J connectivity index is 1.91. The number of ether oxygens (including phenoxy) is 1. The molecule has 144 valence electrons. The zero-order valence-corrected chi connectivity index (χ0v) is 16.6. The van der Waals surface area contributed by atoms with Crippen LogP contribution in [0.2, 0.25) is 0 Å². The summed E-state index contributed by atoms with van der Waals surface area (Å²) in [5.74, 6) is -0.599. The lowest BCUT2D eigenvalue weighted by Gasteiger charge is -2.11. The van der Waals surface area contributed by atoms with Gasteiger partial charge < -0.3 is 10.1 Å². The molecule has 1 heterocycles. The summed E-state index contributed by atoms with van der Waals surface area (Å²) in [7, 11) is 0.658. The van der Waals surface area contributed by atoms with E-state index >= 15 is 0 Å². The molecule has 0 saturated carbocycles. The molecule has 1 aromatic carbocycles. The standard InChI is InChI=1S/C17H19N3O5S2/c1-20(2)27(23,24)14-8-9-16(18-10-14)26-11-15(21)19-13-6-4-12(5-7-13)17(22)25-3/h4-10H,11H2,1-3H3,(H,19,21). The number of esters is 1. The third kappa shape index (κ3) is 5.52. The monoisotopic (exact) mass is 409 g/mol. The van der Waals surface area contributed by atoms with Crippen LogP contribution in [-0.2, 0) is 19.6 Å². The Morgan fingerprint density at radius 3 is 2.33 bits per heavy atom. The van der Waals surface area contributed by atoms with Crippen molar-refractivity contribution in [2.24, 2.45) is 0 Å². The van der Waals surface area contributed by atoms with Crippen molar-refractivity contribution in [3.8, 4) is 0 Å². The number of thioether (sulfide) groups is 1. The highest BCUT2D eigenvalue weighted by molar-refractivity contribution is 7.99. The summed E-state index contributed by atoms with van der Waals surface area (Å²) in [6.07, 6.45) is 1.26. The number of sulfonamides is 1. The lowest BCUT2D eigenvalue weighted by Crippen LogP contribution is -2.22. The van der Waals surface area contributed by atoms with Crippen LogP contribution in [0.5, 0.6) is 0 Å². The van der Waals surface area contributed by atoms with Gasteiger partial charge in [0.15, 0.2) is 0 Å². The number of pyridine rings is 1. The number of rotatable bonds is 7. The van der Waals surface area contributed by atoms with E-state index in [-0.39, 0.29) is 16.6 Å². The van der Waals surface area contributed by atoms with Crippen LogP contribution in [0.15, 0.2) is 52.5 Å². The van der Waals surface area contributed by atoms with Crippen molar-refractivity contribution in [1.82, 2.24) is 9.29 Å². The van der Waals surface area contributed by atoms with Crippen LogP contribution < -0.4 is 5.32 Å². The highest BCUT2D eigenvalue weighted by Gasteiger charge is 2.17. The fraction of sp³-hybridized carbons (Fsp3) is 0.235. The maximum absolute atomic E-state index is 12.0. The molecule has 0 radical (unpaired) electrons. The van der Waals surface area contributed by atoms with Gasteiger partial charge in [-0.1, -0.05) is 11.8 Å². The predicted octanol–water partition coefficient (Wildman–Crippen LogP) is 1.85. The molecular formula is C17H19N3O5S2. The molecule has 0 aliphatic heterocycles. The minimum absolute atomic E-state index is 0.0898. The van der Waals surface area contributed by atoms with Crippen molar-refractivity contribution < 1.29 is 22.7 Å². The minimum Gasteiger partial charge on any atom is -0.465 e. The number of hydrogen-bond acceptors (Lipinski definition) is 7. The third-order valence-electron chi connectivity index (χ3n) is 3.43. The lowest BCUT2D eigenvalue weighted by atomic mass is 10.2. The Morgan fingerprint density at radius 1 is 1.15 bits per heavy atom. The second kappa shape index (κ2) is 8.98. The number of anilines is 1. The first-order valence-corrected chi connectivity index (χ1v) is 10.2. The Hall–Kier alpha value is -2.43. The Bertz CT molecular complexity index is 911. The van der Waals surface area contributed by atoms with Crippen LogP contribution in [0, 0.1) is 0 Å². The lowest BCUT2D eigenvalue weighted by molar-refractivity contribution is -0.113. The number of aromatic nitrogens is 1. The molecule has 0 fully saturated rings. The minimum atomic E-state index is -3.53. The van der Waals surface area contributed by atoms with E-state index in [2.05, 4.69) is 15.0 Å². The first-order valence-electron chi connectivity index (χ1n) is 7.73. The summed E-state index contributed by atoms with van der Waals surface area (Å²) >= 11 is 1.18. The topological polar surface area (TPSA) is 106 Å². The highest BCUT2D eigenvalue weighted by Crippen LogP contribution is 2.19. The number of carbonyl (C=O) groups is 2. The third-order valence-corrected chi connectivity index (χ3v) is 6.17. The summed E-state index contributed by atoms with van der Waals surface area (Å²) in [6, 6.07) is 9.33. The summed E-state index contributed by atoms with van der Waals surface area (Å²) in [4.78, 5) is 27.6. The van der Waals surface area contributed by atoms with Gasteiger partial charge in [-0.25, -0.2) is 22.5 Å². The molecule has 0 spiro atoms. The van der Waals surface area contributed by atoms with Crippen molar-refractivity contribution in [2.75, 3.05) is 32.3 Å². The van der Waals surface area contributed by atoms with E-state index < -0.39 is 16.0 Å². The zero-order valence-electron chi connectivity index (χ0n) is 15.0. The van der Waals surface area contributed by atoms with Crippen LogP contribution in [0.25, 0.3) is 0 Å². The smallest absolute Gasteiger partial charge is 0.337 e. The molecular weight excluding hydrogens is 390 g/mol. The normalized spacial score (nSPS) is 11.3. The Morgan fingerprint density at radius 2 is 1.81 bits per heavy atom. The van der Waals surface area contributed by atoms with Gasteiger partial charge in [0.2, 0.25) is 15.9 Å². The van der Waals surface area contributed by atoms with Gasteiger partial charge in [-0.05, 0) is 36.4 Å². The van der Waals surface area contributed by atoms with Crippen LogP contribution in [0.4, 0.5) is 5.69 Å². The Kier molecular flexibility index (Phi) is 6.94. The molecule has 0 bridgehead atoms. The zero-order chi connectivity index (χ0) is 20.0. The number of methoxy groups -OCH3 is 1. The maximum atomic E-state index is 12.0. The van der Waals surface area contributed by atoms with E-state index in [9.17, 15) is 18.0 Å². The molecule has 8 nitrogen and oxygen atoms in total. The molecule has 0 unspecified atom stereocenters. The average molecular weight is 409 g/mol. The SMILES string of the molecule is COC(=O)c1ccc(NC(=O)CSc2ccc(S(=O)(=O)N(C)C)cn2)cc1. The van der Waals surface area contributed by atoms with Crippen molar-refractivity contribution >= 4 is 39.3 Å². The average Bonchev–Trinajstić information content (AvgIpc) is 2.66. The molecule has 2 rings (SSSR count). The number of nitrogens with one attached hydrogen (secondary N) is 1. The largest absolute Gasteiger partial charge is 0.465 e. The van der Waals surface area contributed by atoms with Crippen molar-refractivity contribution in [2.45, 2.75) is 9.92 Å². The van der Waals surface area contributed by atoms with E-state index in [1.807, 2.05) is 0 Å². The molecule has 0 saturated heterocycles. The van der Waals surface area contributed by atoms with E-state index in [0.717, 1.165) is 4.31 Å². The van der Waals surface area contributed by atoms with Crippen LogP contribution in [-0.4, -0.2) is 56.5 Å². The van der Waals surface area contributed by atoms with Gasteiger partial charge in [-0.15, -0.1) is 0 Å². The van der Waals surface area contributed by atoms with Crippen molar-refractivity contribution in [1.29, 1.82) is 0 Å². The summed E-state index contributed by atoms with van der Waals surface area (Å²) in [5, 5.41) is 3.24. The molecule has 10 heteroatoms. The number of nitrogens with zero attached hydrogens (tertiary/aromatic N) is 2. The van der Waals surface area contributed by atoms with Gasteiger partial charge in [-0.2, -0.15) is 0 Å². The second-order valence-electron chi connectivity index (χ2n) is 5.53. The van der Waals surface area contributed by atoms with Gasteiger partial charge in [-0.3, -0.25) is 4.79 Å². The number of carbonyl (C=O) groups excluding carboxylic acids is 2. The molecule has 1 N–H and O–H groups in total. The van der Waals surface area contributed by atoms with Gasteiger partial charge >= 0.3 is 5.97 Å². The van der Waals surface area contributed by atoms with Gasteiger partial charge in [0.1, 0.15) is 4.90 Å². The molecule has 1 amide bonds. The van der Waals surface area contributed by atoms with Crippen LogP contribution in [0.1, 0.15) is 10.4 Å². The molecule has 1 aromatic heterocycles. The van der Waals surface area contributed by atoms with Gasteiger partial charge in [0.05, 0.1) is 23.5 Å². The summed E-state index contributed by atoms with van der Waals surface area (Å²) in [6.45, 7) is 0. The molecule has 0 aliphatic carbocycles. The first kappa shape index (κ1) is 20.9. The molecule has 2 aromatic rings. The van der Waals surface area contributed by atoms with Gasteiger partial charge in [0, 0.05) is 26.0 Å². The first-order chi connectivity index (χ1) is 12.7. The predicted molar refractivity (Wildman–Crippen MR) is 102 cm³/mol. The van der Waals surface area contributed by atoms with Crippen LogP contribution in [0.3, 0.4) is 0 Å². The highest BCUT2D eigenvalue weighted by atomic mass is 32.2. The fourth-order valence-electron chi connectivity index (χ4n) is 1.96. The Labute approximate surface area is 162 Å². The molecule has 27 heavy (non-hydrogen) atoms. The number of hydrogen-bond donors (Lipinski definition) is 1. The molecule has 0 aliphatic rings. The fourth-order valence-corrected chi connectivity index (χ4v) is 3.45. The summed E-state index contributed by atoms with van der Waals surface area (Å²) < 4.78 is 29.7. The van der Waals surface area contributed by atoms with E-state index in [1.165, 1.54) is 45.2 Å². The van der Waals surface area contributed by atoms with E-state index in [0.29, 0.717) is 16.3 Å². The second-order valence-corrected chi connectivity index (χ2v) is 8.67. The van der Waals surface area contributed by atoms with Crippen molar-refractivity contribution in [3.63, 3.8) is 0 Å².